The Morgan fingerprint density at radius 2 is 1.84 bits per heavy atom. The summed E-state index contributed by atoms with van der Waals surface area (Å²) in [6.45, 7) is 4.60. The zero-order valence-electron chi connectivity index (χ0n) is 10.9. The van der Waals surface area contributed by atoms with Gasteiger partial charge in [-0.2, -0.15) is 0 Å². The second-order valence-electron chi connectivity index (χ2n) is 4.67. The van der Waals surface area contributed by atoms with Crippen molar-refractivity contribution < 1.29 is 8.78 Å². The van der Waals surface area contributed by atoms with Gasteiger partial charge in [0.25, 0.3) is 0 Å². The summed E-state index contributed by atoms with van der Waals surface area (Å²) in [6, 6.07) is 3.50. The van der Waals surface area contributed by atoms with Crippen LogP contribution in [0.5, 0.6) is 0 Å². The lowest BCUT2D eigenvalue weighted by atomic mass is 10.1. The Bertz CT molecular complexity index is 559. The summed E-state index contributed by atoms with van der Waals surface area (Å²) in [4.78, 5) is 5.51. The molecule has 2 nitrogen and oxygen atoms in total. The maximum atomic E-state index is 13.3. The van der Waals surface area contributed by atoms with Crippen molar-refractivity contribution in [1.82, 2.24) is 4.98 Å². The highest BCUT2D eigenvalue weighted by Gasteiger charge is 2.16. The van der Waals surface area contributed by atoms with E-state index in [9.17, 15) is 8.78 Å². The molecule has 19 heavy (non-hydrogen) atoms. The zero-order valence-corrected chi connectivity index (χ0v) is 11.7. The topological polar surface area (TPSA) is 38.9 Å². The lowest BCUT2D eigenvalue weighted by Crippen LogP contribution is -2.02. The summed E-state index contributed by atoms with van der Waals surface area (Å²) in [7, 11) is 0. The van der Waals surface area contributed by atoms with Crippen molar-refractivity contribution in [2.24, 2.45) is 5.73 Å². The third-order valence-electron chi connectivity index (χ3n) is 2.72. The molecule has 0 saturated heterocycles. The Labute approximate surface area is 115 Å². The van der Waals surface area contributed by atoms with Crippen LogP contribution in [-0.2, 0) is 6.42 Å². The van der Waals surface area contributed by atoms with E-state index < -0.39 is 11.6 Å². The van der Waals surface area contributed by atoms with E-state index >= 15 is 0 Å². The lowest BCUT2D eigenvalue weighted by molar-refractivity contribution is 0.584. The first-order chi connectivity index (χ1) is 9.01. The van der Waals surface area contributed by atoms with Gasteiger partial charge in [-0.3, -0.25) is 0 Å². The largest absolute Gasteiger partial charge is 0.330 e. The molecule has 1 aromatic carbocycles. The molecule has 0 radical (unpaired) electrons. The van der Waals surface area contributed by atoms with Crippen LogP contribution in [0.2, 0.25) is 0 Å². The van der Waals surface area contributed by atoms with E-state index in [1.165, 1.54) is 12.1 Å². The molecule has 102 valence electrons. The highest BCUT2D eigenvalue weighted by Crippen LogP contribution is 2.34. The highest BCUT2D eigenvalue weighted by atomic mass is 32.1. The Hall–Kier alpha value is -1.33. The monoisotopic (exact) mass is 282 g/mol. The number of aromatic nitrogens is 1. The van der Waals surface area contributed by atoms with Crippen molar-refractivity contribution >= 4 is 11.3 Å². The molecule has 1 aromatic heterocycles. The minimum atomic E-state index is -0.585. The van der Waals surface area contributed by atoms with E-state index in [1.807, 2.05) is 13.8 Å². The van der Waals surface area contributed by atoms with E-state index in [0.29, 0.717) is 24.2 Å². The minimum absolute atomic E-state index is 0.255. The molecule has 0 aliphatic carbocycles. The van der Waals surface area contributed by atoms with Crippen LogP contribution < -0.4 is 5.73 Å². The van der Waals surface area contributed by atoms with Gasteiger partial charge in [-0.1, -0.05) is 13.8 Å². The lowest BCUT2D eigenvalue weighted by Gasteiger charge is -2.05. The summed E-state index contributed by atoms with van der Waals surface area (Å²) >= 11 is 1.56. The van der Waals surface area contributed by atoms with Crippen LogP contribution in [-0.4, -0.2) is 11.5 Å². The first kappa shape index (κ1) is 14.1. The molecular formula is C14H16F2N2S. The molecule has 0 unspecified atom stereocenters. The molecule has 0 saturated carbocycles. The number of hydrogen-bond acceptors (Lipinski definition) is 3. The molecule has 0 aliphatic heterocycles. The maximum Gasteiger partial charge on any atom is 0.126 e. The van der Waals surface area contributed by atoms with Gasteiger partial charge < -0.3 is 5.73 Å². The summed E-state index contributed by atoms with van der Waals surface area (Å²) in [5.41, 5.74) is 6.68. The number of thiazole rings is 1. The summed E-state index contributed by atoms with van der Waals surface area (Å²) in [6.07, 6.45) is 0.683. The highest BCUT2D eigenvalue weighted by molar-refractivity contribution is 7.12. The van der Waals surface area contributed by atoms with Crippen molar-refractivity contribution in [3.8, 4) is 11.3 Å². The standard InChI is InChI=1S/C14H16F2N2S/c1-8(2)14-13(18-12(19-14)3-4-17)9-5-10(15)7-11(16)6-9/h5-8H,3-4,17H2,1-2H3. The first-order valence-corrected chi connectivity index (χ1v) is 6.99. The Balaban J connectivity index is 2.52. The fourth-order valence-electron chi connectivity index (χ4n) is 1.90. The Kier molecular flexibility index (Phi) is 4.27. The van der Waals surface area contributed by atoms with Gasteiger partial charge >= 0.3 is 0 Å². The predicted molar refractivity (Wildman–Crippen MR) is 74.3 cm³/mol. The van der Waals surface area contributed by atoms with Gasteiger partial charge in [0, 0.05) is 22.9 Å². The van der Waals surface area contributed by atoms with Crippen molar-refractivity contribution in [2.45, 2.75) is 26.2 Å². The molecule has 5 heteroatoms. The van der Waals surface area contributed by atoms with Gasteiger partial charge in [-0.05, 0) is 24.6 Å². The molecule has 2 N–H and O–H groups in total. The number of rotatable bonds is 4. The second-order valence-corrected chi connectivity index (χ2v) is 5.79. The average molecular weight is 282 g/mol. The molecular weight excluding hydrogens is 266 g/mol. The number of benzene rings is 1. The third kappa shape index (κ3) is 3.16. The van der Waals surface area contributed by atoms with Crippen molar-refractivity contribution in [3.05, 3.63) is 39.7 Å². The molecule has 2 rings (SSSR count). The number of hydrogen-bond donors (Lipinski definition) is 1. The Morgan fingerprint density at radius 1 is 1.21 bits per heavy atom. The molecule has 0 amide bonds. The number of halogens is 2. The molecule has 0 aliphatic rings. The van der Waals surface area contributed by atoms with Crippen molar-refractivity contribution in [3.63, 3.8) is 0 Å². The minimum Gasteiger partial charge on any atom is -0.330 e. The summed E-state index contributed by atoms with van der Waals surface area (Å²) in [5.74, 6) is -0.915. The smallest absolute Gasteiger partial charge is 0.126 e. The molecule has 0 spiro atoms. The van der Waals surface area contributed by atoms with Crippen LogP contribution in [0.25, 0.3) is 11.3 Å². The normalized spacial score (nSPS) is 11.3. The fourth-order valence-corrected chi connectivity index (χ4v) is 3.00. The van der Waals surface area contributed by atoms with Crippen LogP contribution in [0.3, 0.4) is 0 Å². The van der Waals surface area contributed by atoms with Crippen LogP contribution >= 0.6 is 11.3 Å². The third-order valence-corrected chi connectivity index (χ3v) is 4.13. The average Bonchev–Trinajstić information content (AvgIpc) is 2.72. The van der Waals surface area contributed by atoms with Gasteiger partial charge in [0.15, 0.2) is 0 Å². The molecule has 0 bridgehead atoms. The summed E-state index contributed by atoms with van der Waals surface area (Å²) < 4.78 is 26.6. The van der Waals surface area contributed by atoms with E-state index in [2.05, 4.69) is 4.98 Å². The van der Waals surface area contributed by atoms with Crippen LogP contribution in [0.1, 0.15) is 29.7 Å². The fraction of sp³-hybridized carbons (Fsp3) is 0.357. The second kappa shape index (κ2) is 5.75. The van der Waals surface area contributed by atoms with Gasteiger partial charge in [-0.15, -0.1) is 11.3 Å². The molecule has 0 fully saturated rings. The molecule has 2 aromatic rings. The van der Waals surface area contributed by atoms with Crippen LogP contribution in [0.15, 0.2) is 18.2 Å². The van der Waals surface area contributed by atoms with E-state index in [1.54, 1.807) is 11.3 Å². The van der Waals surface area contributed by atoms with E-state index in [-0.39, 0.29) is 5.92 Å². The van der Waals surface area contributed by atoms with Crippen molar-refractivity contribution in [1.29, 1.82) is 0 Å². The number of nitrogens with zero attached hydrogens (tertiary/aromatic N) is 1. The van der Waals surface area contributed by atoms with Gasteiger partial charge in [-0.25, -0.2) is 13.8 Å². The van der Waals surface area contributed by atoms with Crippen molar-refractivity contribution in [2.75, 3.05) is 6.54 Å². The molecule has 0 atom stereocenters. The van der Waals surface area contributed by atoms with Gasteiger partial charge in [0.1, 0.15) is 11.6 Å². The van der Waals surface area contributed by atoms with E-state index in [4.69, 9.17) is 5.73 Å². The Morgan fingerprint density at radius 3 is 2.37 bits per heavy atom. The maximum absolute atomic E-state index is 13.3. The zero-order chi connectivity index (χ0) is 14.0. The van der Waals surface area contributed by atoms with Gasteiger partial charge in [0.2, 0.25) is 0 Å². The number of nitrogens with two attached hydrogens (primary N) is 1. The van der Waals surface area contributed by atoms with Gasteiger partial charge in [0.05, 0.1) is 10.7 Å². The molecule has 1 heterocycles. The quantitative estimate of drug-likeness (QED) is 0.928. The first-order valence-electron chi connectivity index (χ1n) is 6.17. The SMILES string of the molecule is CC(C)c1sc(CCN)nc1-c1cc(F)cc(F)c1. The van der Waals surface area contributed by atoms with Crippen LogP contribution in [0.4, 0.5) is 8.78 Å². The van der Waals surface area contributed by atoms with E-state index in [0.717, 1.165) is 16.0 Å². The predicted octanol–water partition coefficient (Wildman–Crippen LogP) is 3.71. The van der Waals surface area contributed by atoms with Crippen LogP contribution in [0, 0.1) is 11.6 Å². The summed E-state index contributed by atoms with van der Waals surface area (Å²) in [5, 5.41) is 0.908.